The quantitative estimate of drug-likeness (QED) is 0.466. The second-order valence-corrected chi connectivity index (χ2v) is 8.24. The molecule has 0 bridgehead atoms. The molecule has 2 aliphatic rings. The molecule has 0 aromatic heterocycles. The molecule has 0 unspecified atom stereocenters. The molecule has 138 valence electrons. The highest BCUT2D eigenvalue weighted by Crippen LogP contribution is 2.44. The summed E-state index contributed by atoms with van der Waals surface area (Å²) in [6.45, 7) is 0. The van der Waals surface area contributed by atoms with Crippen LogP contribution in [0.4, 0.5) is 8.78 Å². The molecular weight excluding hydrogens is 314 g/mol. The summed E-state index contributed by atoms with van der Waals surface area (Å²) in [5.41, 5.74) is 1.32. The Hall–Kier alpha value is -1.18. The van der Waals surface area contributed by atoms with Gasteiger partial charge in [-0.25, -0.2) is 8.78 Å². The highest BCUT2D eigenvalue weighted by molar-refractivity contribution is 5.20. The van der Waals surface area contributed by atoms with Crippen molar-refractivity contribution in [3.05, 3.63) is 48.1 Å². The molecule has 0 atom stereocenters. The second kappa shape index (κ2) is 9.50. The van der Waals surface area contributed by atoms with Crippen molar-refractivity contribution in [2.24, 2.45) is 17.8 Å². The summed E-state index contributed by atoms with van der Waals surface area (Å²) < 4.78 is 25.1. The zero-order chi connectivity index (χ0) is 17.5. The Labute approximate surface area is 151 Å². The van der Waals surface area contributed by atoms with Crippen LogP contribution >= 0.6 is 0 Å². The summed E-state index contributed by atoms with van der Waals surface area (Å²) in [5.74, 6) is 3.22. The molecule has 1 aromatic rings. The van der Waals surface area contributed by atoms with Gasteiger partial charge in [-0.1, -0.05) is 37.5 Å². The summed E-state index contributed by atoms with van der Waals surface area (Å²) >= 11 is 0. The van der Waals surface area contributed by atoms with Gasteiger partial charge in [-0.2, -0.15) is 0 Å². The highest BCUT2D eigenvalue weighted by Gasteiger charge is 2.31. The lowest BCUT2D eigenvalue weighted by molar-refractivity contribution is 0.156. The van der Waals surface area contributed by atoms with Gasteiger partial charge in [-0.15, -0.1) is 0 Å². The average Bonchev–Trinajstić information content (AvgIpc) is 2.67. The lowest BCUT2D eigenvalue weighted by atomic mass is 9.68. The number of hydrogen-bond donors (Lipinski definition) is 0. The first-order valence-corrected chi connectivity index (χ1v) is 10.3. The van der Waals surface area contributed by atoms with Crippen molar-refractivity contribution in [3.8, 4) is 0 Å². The third kappa shape index (κ3) is 5.39. The van der Waals surface area contributed by atoms with Crippen LogP contribution in [-0.2, 0) is 0 Å². The van der Waals surface area contributed by atoms with E-state index in [-0.39, 0.29) is 5.82 Å². The van der Waals surface area contributed by atoms with Crippen LogP contribution in [0.25, 0.3) is 0 Å². The van der Waals surface area contributed by atoms with E-state index in [2.05, 4.69) is 0 Å². The van der Waals surface area contributed by atoms with Gasteiger partial charge in [-0.3, -0.25) is 0 Å². The van der Waals surface area contributed by atoms with Crippen molar-refractivity contribution in [1.29, 1.82) is 0 Å². The maximum atomic E-state index is 13.1. The summed E-state index contributed by atoms with van der Waals surface area (Å²) in [5, 5.41) is 0. The van der Waals surface area contributed by atoms with Crippen LogP contribution in [0.3, 0.4) is 0 Å². The van der Waals surface area contributed by atoms with Gasteiger partial charge in [0.25, 0.3) is 0 Å². The molecule has 0 heterocycles. The Morgan fingerprint density at radius 1 is 0.840 bits per heavy atom. The molecule has 0 saturated heterocycles. The predicted octanol–water partition coefficient (Wildman–Crippen LogP) is 7.56. The fraction of sp³-hybridized carbons (Fsp3) is 0.652. The van der Waals surface area contributed by atoms with E-state index in [0.717, 1.165) is 30.6 Å². The van der Waals surface area contributed by atoms with Gasteiger partial charge in [-0.05, 0) is 92.7 Å². The molecule has 1 aromatic carbocycles. The first kappa shape index (κ1) is 18.6. The van der Waals surface area contributed by atoms with Gasteiger partial charge < -0.3 is 0 Å². The minimum Gasteiger partial charge on any atom is -0.216 e. The number of benzene rings is 1. The number of hydrogen-bond acceptors (Lipinski definition) is 0. The molecule has 2 saturated carbocycles. The summed E-state index contributed by atoms with van der Waals surface area (Å²) in [6, 6.07) is 7.16. The van der Waals surface area contributed by atoms with Crippen LogP contribution in [0, 0.1) is 23.6 Å². The number of rotatable bonds is 6. The van der Waals surface area contributed by atoms with Crippen LogP contribution in [0.5, 0.6) is 0 Å². The van der Waals surface area contributed by atoms with E-state index in [4.69, 9.17) is 0 Å². The summed E-state index contributed by atoms with van der Waals surface area (Å²) in [6.07, 6.45) is 16.4. The Bertz CT molecular complexity index is 518. The van der Waals surface area contributed by atoms with Gasteiger partial charge in [0.15, 0.2) is 0 Å². The molecule has 0 amide bonds. The van der Waals surface area contributed by atoms with Gasteiger partial charge in [0.2, 0.25) is 0 Å². The van der Waals surface area contributed by atoms with Gasteiger partial charge in [0, 0.05) is 0 Å². The van der Waals surface area contributed by atoms with E-state index < -0.39 is 0 Å². The minimum absolute atomic E-state index is 0.130. The third-order valence-electron chi connectivity index (χ3n) is 6.74. The number of halogens is 2. The van der Waals surface area contributed by atoms with Crippen LogP contribution < -0.4 is 0 Å². The topological polar surface area (TPSA) is 0 Å². The average molecular weight is 347 g/mol. The van der Waals surface area contributed by atoms with Crippen LogP contribution in [-0.4, -0.2) is 0 Å². The molecule has 2 fully saturated rings. The minimum atomic E-state index is -0.130. The van der Waals surface area contributed by atoms with Crippen molar-refractivity contribution >= 4 is 0 Å². The Morgan fingerprint density at radius 3 is 2.04 bits per heavy atom. The van der Waals surface area contributed by atoms with E-state index in [0.29, 0.717) is 12.2 Å². The Balaban J connectivity index is 1.38. The maximum Gasteiger partial charge on any atom is 0.123 e. The molecule has 25 heavy (non-hydrogen) atoms. The molecule has 3 rings (SSSR count). The first-order valence-electron chi connectivity index (χ1n) is 10.3. The third-order valence-corrected chi connectivity index (χ3v) is 6.74. The molecule has 0 N–H and O–H groups in total. The maximum absolute atomic E-state index is 13.1. The summed E-state index contributed by atoms with van der Waals surface area (Å²) in [4.78, 5) is 0. The van der Waals surface area contributed by atoms with E-state index in [1.807, 2.05) is 12.1 Å². The zero-order valence-electron chi connectivity index (χ0n) is 15.3. The molecule has 0 radical (unpaired) electrons. The molecular formula is C23H32F2. The lowest BCUT2D eigenvalue weighted by Gasteiger charge is -2.38. The van der Waals surface area contributed by atoms with E-state index >= 15 is 0 Å². The molecule has 2 heteroatoms. The van der Waals surface area contributed by atoms with Crippen LogP contribution in [0.2, 0.25) is 0 Å². The van der Waals surface area contributed by atoms with E-state index in [9.17, 15) is 8.78 Å². The molecule has 2 aliphatic carbocycles. The number of unbranched alkanes of at least 4 members (excludes halogenated alkanes) is 1. The van der Waals surface area contributed by atoms with Crippen molar-refractivity contribution in [3.63, 3.8) is 0 Å². The second-order valence-electron chi connectivity index (χ2n) is 8.24. The first-order chi connectivity index (χ1) is 12.3. The van der Waals surface area contributed by atoms with Crippen molar-refractivity contribution in [2.75, 3.05) is 0 Å². The Morgan fingerprint density at radius 2 is 1.44 bits per heavy atom. The van der Waals surface area contributed by atoms with Crippen molar-refractivity contribution in [2.45, 2.75) is 76.5 Å². The fourth-order valence-corrected chi connectivity index (χ4v) is 5.19. The monoisotopic (exact) mass is 346 g/mol. The zero-order valence-corrected chi connectivity index (χ0v) is 15.3. The van der Waals surface area contributed by atoms with Gasteiger partial charge >= 0.3 is 0 Å². The van der Waals surface area contributed by atoms with Crippen molar-refractivity contribution < 1.29 is 8.78 Å². The smallest absolute Gasteiger partial charge is 0.123 e. The van der Waals surface area contributed by atoms with E-state index in [1.165, 1.54) is 63.4 Å². The van der Waals surface area contributed by atoms with Crippen LogP contribution in [0.15, 0.2) is 36.7 Å². The lowest BCUT2D eigenvalue weighted by Crippen LogP contribution is -2.25. The predicted molar refractivity (Wildman–Crippen MR) is 101 cm³/mol. The van der Waals surface area contributed by atoms with Crippen molar-refractivity contribution in [1.82, 2.24) is 0 Å². The molecule has 0 nitrogen and oxygen atoms in total. The van der Waals surface area contributed by atoms with Crippen LogP contribution in [0.1, 0.15) is 82.1 Å². The molecule has 0 spiro atoms. The Kier molecular flexibility index (Phi) is 7.07. The SMILES string of the molecule is FC=CCCC[C@H]1CC[C@H]([C@H]2CC[C@H](c3ccc(F)cc3)CC2)CC1. The summed E-state index contributed by atoms with van der Waals surface area (Å²) in [7, 11) is 0. The standard InChI is InChI=1S/C23H32F2/c24-17-3-1-2-4-18-5-7-19(8-6-18)20-9-11-21(12-10-20)22-13-15-23(25)16-14-22/h3,13-21H,1-2,4-12H2/t18-,19-,20-,21-. The fourth-order valence-electron chi connectivity index (χ4n) is 5.19. The van der Waals surface area contributed by atoms with E-state index in [1.54, 1.807) is 18.2 Å². The molecule has 0 aliphatic heterocycles. The highest BCUT2D eigenvalue weighted by atomic mass is 19.1. The number of allylic oxidation sites excluding steroid dienone is 1. The van der Waals surface area contributed by atoms with Gasteiger partial charge in [0.1, 0.15) is 5.82 Å². The largest absolute Gasteiger partial charge is 0.216 e. The van der Waals surface area contributed by atoms with Gasteiger partial charge in [0.05, 0.1) is 6.33 Å². The normalized spacial score (nSPS) is 30.6.